The summed E-state index contributed by atoms with van der Waals surface area (Å²) in [5, 5.41) is 2.87. The number of aromatic amines is 1. The van der Waals surface area contributed by atoms with Gasteiger partial charge in [0.1, 0.15) is 0 Å². The summed E-state index contributed by atoms with van der Waals surface area (Å²) in [7, 11) is -1.65. The van der Waals surface area contributed by atoms with E-state index in [0.717, 1.165) is 27.4 Å². The highest BCUT2D eigenvalue weighted by Gasteiger charge is 2.19. The molecule has 4 rings (SSSR count). The number of pyridine rings is 1. The van der Waals surface area contributed by atoms with Gasteiger partial charge in [-0.3, -0.25) is 4.98 Å². The number of nitrogens with one attached hydrogen (secondary N) is 2. The number of likely N-dealkylation sites (N-methyl/N-ethyl adjacent to an activating group) is 1. The number of hydrogen-bond acceptors (Lipinski definition) is 4. The predicted octanol–water partition coefficient (Wildman–Crippen LogP) is 3.52. The Kier molecular flexibility index (Phi) is 4.78. The van der Waals surface area contributed by atoms with Gasteiger partial charge in [-0.25, -0.2) is 13.1 Å². The lowest BCUT2D eigenvalue weighted by Crippen LogP contribution is -2.40. The van der Waals surface area contributed by atoms with E-state index in [1.54, 1.807) is 30.6 Å². The van der Waals surface area contributed by atoms with Crippen LogP contribution in [-0.4, -0.2) is 38.0 Å². The van der Waals surface area contributed by atoms with Gasteiger partial charge < -0.3 is 9.88 Å². The lowest BCUT2D eigenvalue weighted by molar-refractivity contribution is 0.560. The van der Waals surface area contributed by atoms with Crippen LogP contribution in [0.3, 0.4) is 0 Å². The third-order valence-electron chi connectivity index (χ3n) is 4.81. The number of rotatable bonds is 6. The molecule has 1 atom stereocenters. The number of para-hydroxylation sites is 1. The van der Waals surface area contributed by atoms with Crippen molar-refractivity contribution in [3.63, 3.8) is 0 Å². The molecule has 0 aliphatic rings. The van der Waals surface area contributed by atoms with Gasteiger partial charge in [-0.15, -0.1) is 0 Å². The van der Waals surface area contributed by atoms with Gasteiger partial charge >= 0.3 is 0 Å². The fourth-order valence-electron chi connectivity index (χ4n) is 3.48. The fraction of sp³-hybridized carbons (Fsp3) is 0.190. The molecule has 6 nitrogen and oxygen atoms in total. The average molecular weight is 395 g/mol. The summed E-state index contributed by atoms with van der Waals surface area (Å²) in [6.07, 6.45) is 5.33. The van der Waals surface area contributed by atoms with Crippen LogP contribution >= 0.6 is 0 Å². The van der Waals surface area contributed by atoms with Crippen LogP contribution in [-0.2, 0) is 10.0 Å². The van der Waals surface area contributed by atoms with E-state index in [4.69, 9.17) is 0 Å². The Bertz CT molecular complexity index is 1230. The number of anilines is 1. The van der Waals surface area contributed by atoms with Crippen molar-refractivity contribution in [3.8, 4) is 0 Å². The van der Waals surface area contributed by atoms with E-state index in [1.165, 1.54) is 0 Å². The fourth-order valence-corrected chi connectivity index (χ4v) is 4.75. The standard InChI is InChI=1S/C21H22N4O2S/c1-15(14-25(2)21-13-23-20-6-4-3-5-19(20)21)24-28(26,27)18-8-7-17-12-22-10-9-16(17)11-18/h3-13,15,23-24H,14H2,1-2H3/t15-/m1/s1. The molecule has 4 aromatic rings. The first-order valence-electron chi connectivity index (χ1n) is 9.07. The first kappa shape index (κ1) is 18.5. The van der Waals surface area contributed by atoms with Crippen LogP contribution in [0.1, 0.15) is 6.92 Å². The zero-order valence-corrected chi connectivity index (χ0v) is 16.6. The molecule has 7 heteroatoms. The Hall–Kier alpha value is -2.90. The van der Waals surface area contributed by atoms with Gasteiger partial charge in [0.2, 0.25) is 10.0 Å². The van der Waals surface area contributed by atoms with E-state index in [0.29, 0.717) is 6.54 Å². The topological polar surface area (TPSA) is 78.1 Å². The zero-order chi connectivity index (χ0) is 19.7. The second-order valence-electron chi connectivity index (χ2n) is 7.01. The second-order valence-corrected chi connectivity index (χ2v) is 8.72. The quantitative estimate of drug-likeness (QED) is 0.525. The highest BCUT2D eigenvalue weighted by atomic mass is 32.2. The predicted molar refractivity (Wildman–Crippen MR) is 113 cm³/mol. The molecule has 0 amide bonds. The first-order chi connectivity index (χ1) is 13.4. The lowest BCUT2D eigenvalue weighted by Gasteiger charge is -2.23. The maximum atomic E-state index is 12.8. The number of aromatic nitrogens is 2. The zero-order valence-electron chi connectivity index (χ0n) is 15.8. The summed E-state index contributed by atoms with van der Waals surface area (Å²) >= 11 is 0. The average Bonchev–Trinajstić information content (AvgIpc) is 3.11. The minimum atomic E-state index is -3.61. The summed E-state index contributed by atoms with van der Waals surface area (Å²) in [6, 6.07) is 14.7. The van der Waals surface area contributed by atoms with Crippen LogP contribution < -0.4 is 9.62 Å². The lowest BCUT2D eigenvalue weighted by atomic mass is 10.2. The van der Waals surface area contributed by atoms with Crippen molar-refractivity contribution >= 4 is 37.4 Å². The smallest absolute Gasteiger partial charge is 0.240 e. The Balaban J connectivity index is 1.50. The van der Waals surface area contributed by atoms with Crippen molar-refractivity contribution < 1.29 is 8.42 Å². The molecule has 0 saturated carbocycles. The third-order valence-corrected chi connectivity index (χ3v) is 6.39. The van der Waals surface area contributed by atoms with Gasteiger partial charge in [-0.05, 0) is 36.6 Å². The molecule has 0 radical (unpaired) electrons. The molecule has 0 aliphatic carbocycles. The van der Waals surface area contributed by atoms with Crippen molar-refractivity contribution in [2.45, 2.75) is 17.9 Å². The van der Waals surface area contributed by atoms with Crippen molar-refractivity contribution in [1.82, 2.24) is 14.7 Å². The van der Waals surface area contributed by atoms with E-state index < -0.39 is 10.0 Å². The van der Waals surface area contributed by atoms with E-state index in [-0.39, 0.29) is 10.9 Å². The molecule has 2 heterocycles. The number of hydrogen-bond donors (Lipinski definition) is 2. The minimum absolute atomic E-state index is 0.257. The maximum absolute atomic E-state index is 12.8. The highest BCUT2D eigenvalue weighted by Crippen LogP contribution is 2.25. The van der Waals surface area contributed by atoms with Crippen molar-refractivity contribution in [2.24, 2.45) is 0 Å². The van der Waals surface area contributed by atoms with Gasteiger partial charge in [0.25, 0.3) is 0 Å². The summed E-state index contributed by atoms with van der Waals surface area (Å²) in [5.74, 6) is 0. The highest BCUT2D eigenvalue weighted by molar-refractivity contribution is 7.89. The molecule has 2 aromatic carbocycles. The molecule has 0 aliphatic heterocycles. The van der Waals surface area contributed by atoms with E-state index >= 15 is 0 Å². The Morgan fingerprint density at radius 3 is 2.82 bits per heavy atom. The van der Waals surface area contributed by atoms with Crippen molar-refractivity contribution in [3.05, 3.63) is 67.1 Å². The SMILES string of the molecule is C[C@H](CN(C)c1c[nH]c2ccccc12)NS(=O)(=O)c1ccc2cnccc2c1. The molecular weight excluding hydrogens is 372 g/mol. The van der Waals surface area contributed by atoms with E-state index in [9.17, 15) is 8.42 Å². The Labute approximate surface area is 164 Å². The van der Waals surface area contributed by atoms with Gasteiger partial charge in [-0.2, -0.15) is 0 Å². The van der Waals surface area contributed by atoms with Gasteiger partial charge in [0.15, 0.2) is 0 Å². The van der Waals surface area contributed by atoms with Crippen LogP contribution in [0, 0.1) is 0 Å². The molecule has 0 saturated heterocycles. The van der Waals surface area contributed by atoms with E-state index in [2.05, 4.69) is 25.7 Å². The summed E-state index contributed by atoms with van der Waals surface area (Å²) in [6.45, 7) is 2.41. The third kappa shape index (κ3) is 3.58. The number of fused-ring (bicyclic) bond motifs is 2. The van der Waals surface area contributed by atoms with Crippen molar-refractivity contribution in [2.75, 3.05) is 18.5 Å². The molecule has 0 unspecified atom stereocenters. The monoisotopic (exact) mass is 394 g/mol. The molecule has 0 bridgehead atoms. The van der Waals surface area contributed by atoms with Crippen LogP contribution in [0.4, 0.5) is 5.69 Å². The largest absolute Gasteiger partial charge is 0.371 e. The van der Waals surface area contributed by atoms with Gasteiger partial charge in [0, 0.05) is 54.5 Å². The summed E-state index contributed by atoms with van der Waals surface area (Å²) < 4.78 is 28.4. The molecule has 0 fully saturated rings. The molecule has 144 valence electrons. The normalized spacial score (nSPS) is 13.1. The number of nitrogens with zero attached hydrogens (tertiary/aromatic N) is 2. The van der Waals surface area contributed by atoms with Crippen LogP contribution in [0.25, 0.3) is 21.7 Å². The maximum Gasteiger partial charge on any atom is 0.240 e. The van der Waals surface area contributed by atoms with Crippen molar-refractivity contribution in [1.29, 1.82) is 0 Å². The Morgan fingerprint density at radius 1 is 1.14 bits per heavy atom. The number of benzene rings is 2. The van der Waals surface area contributed by atoms with Gasteiger partial charge in [0.05, 0.1) is 10.6 Å². The molecule has 2 aromatic heterocycles. The molecule has 28 heavy (non-hydrogen) atoms. The summed E-state index contributed by atoms with van der Waals surface area (Å²) in [5.41, 5.74) is 2.10. The summed E-state index contributed by atoms with van der Waals surface area (Å²) in [4.78, 5) is 9.62. The molecule has 0 spiro atoms. The number of sulfonamides is 1. The molecule has 2 N–H and O–H groups in total. The van der Waals surface area contributed by atoms with E-state index in [1.807, 2.05) is 44.4 Å². The second kappa shape index (κ2) is 7.26. The molecular formula is C21H22N4O2S. The number of H-pyrrole nitrogens is 1. The van der Waals surface area contributed by atoms with Gasteiger partial charge in [-0.1, -0.05) is 24.3 Å². The van der Waals surface area contributed by atoms with Crippen LogP contribution in [0.5, 0.6) is 0 Å². The van der Waals surface area contributed by atoms with Crippen LogP contribution in [0.15, 0.2) is 72.0 Å². The Morgan fingerprint density at radius 2 is 1.96 bits per heavy atom. The van der Waals surface area contributed by atoms with Crippen LogP contribution in [0.2, 0.25) is 0 Å². The first-order valence-corrected chi connectivity index (χ1v) is 10.6. The minimum Gasteiger partial charge on any atom is -0.371 e.